The SMILES string of the molecule is COc1ccc(-c2oc3ccc(Cl)cc3c(=O)c2OCC(=O)N2CCCc3ccccc32)cc1OC. The lowest BCUT2D eigenvalue weighted by atomic mass is 10.0. The molecule has 1 aromatic heterocycles. The summed E-state index contributed by atoms with van der Waals surface area (Å²) in [6.45, 7) is 0.259. The number of hydrogen-bond acceptors (Lipinski definition) is 6. The molecule has 0 atom stereocenters. The highest BCUT2D eigenvalue weighted by Crippen LogP contribution is 2.37. The normalized spacial score (nSPS) is 12.8. The van der Waals surface area contributed by atoms with E-state index in [1.54, 1.807) is 35.2 Å². The Balaban J connectivity index is 1.55. The molecule has 36 heavy (non-hydrogen) atoms. The van der Waals surface area contributed by atoms with E-state index in [1.807, 2.05) is 24.3 Å². The first-order valence-electron chi connectivity index (χ1n) is 11.5. The number of methoxy groups -OCH3 is 2. The highest BCUT2D eigenvalue weighted by atomic mass is 35.5. The number of anilines is 1. The third kappa shape index (κ3) is 4.38. The van der Waals surface area contributed by atoms with Crippen molar-refractivity contribution in [2.24, 2.45) is 0 Å². The molecule has 0 saturated heterocycles. The zero-order chi connectivity index (χ0) is 25.2. The molecule has 1 aliphatic heterocycles. The molecule has 0 radical (unpaired) electrons. The summed E-state index contributed by atoms with van der Waals surface area (Å²) >= 11 is 6.14. The lowest BCUT2D eigenvalue weighted by Crippen LogP contribution is -2.39. The Morgan fingerprint density at radius 3 is 2.64 bits per heavy atom. The minimum atomic E-state index is -0.421. The average molecular weight is 506 g/mol. The van der Waals surface area contributed by atoms with Crippen LogP contribution in [0.15, 0.2) is 69.9 Å². The summed E-state index contributed by atoms with van der Waals surface area (Å²) in [5.41, 5.74) is 2.44. The molecule has 0 N–H and O–H groups in total. The van der Waals surface area contributed by atoms with Crippen LogP contribution in [0, 0.1) is 0 Å². The predicted molar refractivity (Wildman–Crippen MR) is 139 cm³/mol. The number of carbonyl (C=O) groups excluding carboxylic acids is 1. The van der Waals surface area contributed by atoms with E-state index < -0.39 is 5.43 Å². The summed E-state index contributed by atoms with van der Waals surface area (Å²) in [6.07, 6.45) is 1.77. The Bertz CT molecular complexity index is 1510. The number of aryl methyl sites for hydroxylation is 1. The first-order valence-corrected chi connectivity index (χ1v) is 11.9. The first-order chi connectivity index (χ1) is 17.5. The van der Waals surface area contributed by atoms with Crippen LogP contribution in [0.5, 0.6) is 17.2 Å². The number of rotatable bonds is 6. The van der Waals surface area contributed by atoms with Crippen LogP contribution < -0.4 is 24.5 Å². The van der Waals surface area contributed by atoms with Crippen molar-refractivity contribution in [1.82, 2.24) is 0 Å². The quantitative estimate of drug-likeness (QED) is 0.345. The summed E-state index contributed by atoms with van der Waals surface area (Å²) in [4.78, 5) is 28.4. The van der Waals surface area contributed by atoms with Gasteiger partial charge in [-0.1, -0.05) is 29.8 Å². The van der Waals surface area contributed by atoms with E-state index in [4.69, 9.17) is 30.2 Å². The van der Waals surface area contributed by atoms with Crippen LogP contribution >= 0.6 is 11.6 Å². The van der Waals surface area contributed by atoms with Gasteiger partial charge >= 0.3 is 0 Å². The summed E-state index contributed by atoms with van der Waals surface area (Å²) in [5.74, 6) is 0.850. The molecule has 1 aliphatic rings. The maximum absolute atomic E-state index is 13.5. The second-order valence-electron chi connectivity index (χ2n) is 8.37. The number of carbonyl (C=O) groups is 1. The molecule has 0 bridgehead atoms. The highest BCUT2D eigenvalue weighted by Gasteiger charge is 2.25. The molecule has 3 aromatic carbocycles. The molecule has 0 spiro atoms. The van der Waals surface area contributed by atoms with Gasteiger partial charge < -0.3 is 23.5 Å². The number of para-hydroxylation sites is 1. The number of amides is 1. The van der Waals surface area contributed by atoms with Gasteiger partial charge in [-0.05, 0) is 60.9 Å². The van der Waals surface area contributed by atoms with Crippen molar-refractivity contribution in [3.63, 3.8) is 0 Å². The van der Waals surface area contributed by atoms with Gasteiger partial charge in [0.05, 0.1) is 19.6 Å². The molecule has 8 heteroatoms. The molecular formula is C28H24ClNO6. The second-order valence-corrected chi connectivity index (χ2v) is 8.80. The fraction of sp³-hybridized carbons (Fsp3) is 0.214. The molecular weight excluding hydrogens is 482 g/mol. The molecule has 0 unspecified atom stereocenters. The van der Waals surface area contributed by atoms with E-state index in [0.29, 0.717) is 34.2 Å². The number of nitrogens with zero attached hydrogens (tertiary/aromatic N) is 1. The standard InChI is InChI=1S/C28H24ClNO6/c1-33-23-11-9-18(14-24(23)34-2)27-28(26(32)20-15-19(29)10-12-22(20)36-27)35-16-25(31)30-13-5-7-17-6-3-4-8-21(17)30/h3-4,6,8-12,14-15H,5,7,13,16H2,1-2H3. The summed E-state index contributed by atoms with van der Waals surface area (Å²) < 4.78 is 22.8. The monoisotopic (exact) mass is 505 g/mol. The Labute approximate surface area is 212 Å². The fourth-order valence-electron chi connectivity index (χ4n) is 4.45. The van der Waals surface area contributed by atoms with Crippen LogP contribution in [0.2, 0.25) is 5.02 Å². The van der Waals surface area contributed by atoms with E-state index >= 15 is 0 Å². The van der Waals surface area contributed by atoms with E-state index in [1.165, 1.54) is 20.3 Å². The second kappa shape index (κ2) is 9.95. The van der Waals surface area contributed by atoms with Gasteiger partial charge in [0.25, 0.3) is 5.91 Å². The van der Waals surface area contributed by atoms with Crippen LogP contribution in [0.25, 0.3) is 22.3 Å². The van der Waals surface area contributed by atoms with Crippen molar-refractivity contribution in [2.75, 3.05) is 32.3 Å². The maximum atomic E-state index is 13.5. The Kier molecular flexibility index (Phi) is 6.57. The van der Waals surface area contributed by atoms with Gasteiger partial charge in [0.1, 0.15) is 5.58 Å². The van der Waals surface area contributed by atoms with Crippen LogP contribution in [0.3, 0.4) is 0 Å². The summed E-state index contributed by atoms with van der Waals surface area (Å²) in [5, 5.41) is 0.651. The lowest BCUT2D eigenvalue weighted by Gasteiger charge is -2.29. The molecule has 5 rings (SSSR count). The van der Waals surface area contributed by atoms with Crippen LogP contribution in [0.4, 0.5) is 5.69 Å². The fourth-order valence-corrected chi connectivity index (χ4v) is 4.63. The molecule has 0 aliphatic carbocycles. The van der Waals surface area contributed by atoms with Crippen molar-refractivity contribution in [3.8, 4) is 28.6 Å². The van der Waals surface area contributed by atoms with Crippen molar-refractivity contribution in [3.05, 3.63) is 81.5 Å². The third-order valence-corrected chi connectivity index (χ3v) is 6.44. The number of fused-ring (bicyclic) bond motifs is 2. The molecule has 7 nitrogen and oxygen atoms in total. The van der Waals surface area contributed by atoms with Crippen molar-refractivity contribution in [2.45, 2.75) is 12.8 Å². The van der Waals surface area contributed by atoms with Gasteiger partial charge in [-0.2, -0.15) is 0 Å². The van der Waals surface area contributed by atoms with Crippen molar-refractivity contribution in [1.29, 1.82) is 0 Å². The zero-order valence-electron chi connectivity index (χ0n) is 19.9. The Hall–Kier alpha value is -3.97. The average Bonchev–Trinajstić information content (AvgIpc) is 2.91. The summed E-state index contributed by atoms with van der Waals surface area (Å²) in [6, 6.07) is 17.7. The molecule has 184 valence electrons. The minimum Gasteiger partial charge on any atom is -0.493 e. The van der Waals surface area contributed by atoms with Crippen molar-refractivity contribution >= 4 is 34.2 Å². The number of benzene rings is 3. The molecule has 0 fully saturated rings. The van der Waals surface area contributed by atoms with E-state index in [0.717, 1.165) is 24.1 Å². The smallest absolute Gasteiger partial charge is 0.264 e. The molecule has 0 saturated carbocycles. The van der Waals surface area contributed by atoms with Gasteiger partial charge in [-0.3, -0.25) is 9.59 Å². The Morgan fingerprint density at radius 2 is 1.83 bits per heavy atom. The van der Waals surface area contributed by atoms with Gasteiger partial charge in [-0.25, -0.2) is 0 Å². The van der Waals surface area contributed by atoms with Crippen LogP contribution in [0.1, 0.15) is 12.0 Å². The maximum Gasteiger partial charge on any atom is 0.264 e. The largest absolute Gasteiger partial charge is 0.493 e. The van der Waals surface area contributed by atoms with E-state index in [9.17, 15) is 9.59 Å². The molecule has 4 aromatic rings. The lowest BCUT2D eigenvalue weighted by molar-refractivity contribution is -0.120. The minimum absolute atomic E-state index is 0.0735. The number of ether oxygens (including phenoxy) is 3. The van der Waals surface area contributed by atoms with E-state index in [-0.39, 0.29) is 29.4 Å². The van der Waals surface area contributed by atoms with Gasteiger partial charge in [-0.15, -0.1) is 0 Å². The molecule has 1 amide bonds. The van der Waals surface area contributed by atoms with Gasteiger partial charge in [0.15, 0.2) is 23.9 Å². The van der Waals surface area contributed by atoms with Gasteiger partial charge in [0, 0.05) is 22.8 Å². The number of hydrogen-bond donors (Lipinski definition) is 0. The van der Waals surface area contributed by atoms with Gasteiger partial charge in [0.2, 0.25) is 11.2 Å². The predicted octanol–water partition coefficient (Wildman–Crippen LogP) is 5.49. The first kappa shape index (κ1) is 23.8. The van der Waals surface area contributed by atoms with Crippen LogP contribution in [-0.4, -0.2) is 33.3 Å². The van der Waals surface area contributed by atoms with Crippen molar-refractivity contribution < 1.29 is 23.4 Å². The molecule has 2 heterocycles. The van der Waals surface area contributed by atoms with Crippen LogP contribution in [-0.2, 0) is 11.2 Å². The topological polar surface area (TPSA) is 78.2 Å². The Morgan fingerprint density at radius 1 is 1.03 bits per heavy atom. The number of halogens is 1. The highest BCUT2D eigenvalue weighted by molar-refractivity contribution is 6.31. The van der Waals surface area contributed by atoms with E-state index in [2.05, 4.69) is 0 Å². The zero-order valence-corrected chi connectivity index (χ0v) is 20.6. The summed E-state index contributed by atoms with van der Waals surface area (Å²) in [7, 11) is 3.06. The third-order valence-electron chi connectivity index (χ3n) is 6.21.